The van der Waals surface area contributed by atoms with E-state index in [1.807, 2.05) is 6.07 Å². The SMILES string of the molecule is OCCCCCCCCc1ccc2n[nH]nc2c1-c1ccccc1. The third kappa shape index (κ3) is 4.01. The Morgan fingerprint density at radius 3 is 2.33 bits per heavy atom. The third-order valence-electron chi connectivity index (χ3n) is 4.49. The Bertz CT molecular complexity index is 752. The van der Waals surface area contributed by atoms with E-state index < -0.39 is 0 Å². The van der Waals surface area contributed by atoms with Crippen LogP contribution in [0.3, 0.4) is 0 Å². The van der Waals surface area contributed by atoms with Crippen LogP contribution in [0.25, 0.3) is 22.2 Å². The number of H-pyrrole nitrogens is 1. The number of aliphatic hydroxyl groups is 1. The van der Waals surface area contributed by atoms with Crippen LogP contribution in [0.5, 0.6) is 0 Å². The van der Waals surface area contributed by atoms with Crippen LogP contribution < -0.4 is 0 Å². The highest BCUT2D eigenvalue weighted by Crippen LogP contribution is 2.31. The van der Waals surface area contributed by atoms with Gasteiger partial charge in [0, 0.05) is 12.2 Å². The van der Waals surface area contributed by atoms with E-state index in [0.29, 0.717) is 6.61 Å². The van der Waals surface area contributed by atoms with Crippen LogP contribution in [0.1, 0.15) is 44.1 Å². The highest BCUT2D eigenvalue weighted by molar-refractivity contribution is 5.93. The molecule has 24 heavy (non-hydrogen) atoms. The Labute approximate surface area is 142 Å². The van der Waals surface area contributed by atoms with Crippen LogP contribution >= 0.6 is 0 Å². The van der Waals surface area contributed by atoms with Gasteiger partial charge in [0.2, 0.25) is 0 Å². The van der Waals surface area contributed by atoms with E-state index in [4.69, 9.17) is 5.11 Å². The molecule has 0 saturated heterocycles. The molecule has 4 nitrogen and oxygen atoms in total. The maximum absolute atomic E-state index is 8.81. The molecule has 3 aromatic rings. The predicted octanol–water partition coefficient (Wildman–Crippen LogP) is 4.50. The van der Waals surface area contributed by atoms with Crippen LogP contribution in [-0.2, 0) is 6.42 Å². The monoisotopic (exact) mass is 323 g/mol. The molecular formula is C20H25N3O. The maximum atomic E-state index is 8.81. The van der Waals surface area contributed by atoms with E-state index in [9.17, 15) is 0 Å². The zero-order chi connectivity index (χ0) is 16.6. The first kappa shape index (κ1) is 16.7. The lowest BCUT2D eigenvalue weighted by Gasteiger charge is -2.10. The number of aromatic amines is 1. The van der Waals surface area contributed by atoms with Crippen LogP contribution in [-0.4, -0.2) is 27.1 Å². The van der Waals surface area contributed by atoms with E-state index in [0.717, 1.165) is 30.3 Å². The second kappa shape index (κ2) is 8.60. The summed E-state index contributed by atoms with van der Waals surface area (Å²) in [5.74, 6) is 0. The summed E-state index contributed by atoms with van der Waals surface area (Å²) >= 11 is 0. The molecule has 0 unspecified atom stereocenters. The molecular weight excluding hydrogens is 298 g/mol. The Hall–Kier alpha value is -2.20. The lowest BCUT2D eigenvalue weighted by Crippen LogP contribution is -1.93. The van der Waals surface area contributed by atoms with Crippen molar-refractivity contribution in [2.45, 2.75) is 44.9 Å². The van der Waals surface area contributed by atoms with Gasteiger partial charge in [0.05, 0.1) is 0 Å². The van der Waals surface area contributed by atoms with Gasteiger partial charge in [-0.25, -0.2) is 0 Å². The van der Waals surface area contributed by atoms with Gasteiger partial charge in [-0.05, 0) is 36.5 Å². The van der Waals surface area contributed by atoms with Crippen molar-refractivity contribution in [3.63, 3.8) is 0 Å². The molecule has 0 amide bonds. The molecule has 0 spiro atoms. The highest BCUT2D eigenvalue weighted by Gasteiger charge is 2.12. The largest absolute Gasteiger partial charge is 0.396 e. The zero-order valence-corrected chi connectivity index (χ0v) is 14.0. The number of aliphatic hydroxyl groups excluding tert-OH is 1. The average Bonchev–Trinajstić information content (AvgIpc) is 3.10. The molecule has 0 radical (unpaired) electrons. The number of benzene rings is 2. The number of aryl methyl sites for hydroxylation is 1. The van der Waals surface area contributed by atoms with E-state index in [1.165, 1.54) is 42.4 Å². The molecule has 0 aliphatic carbocycles. The van der Waals surface area contributed by atoms with Crippen molar-refractivity contribution >= 4 is 11.0 Å². The van der Waals surface area contributed by atoms with Gasteiger partial charge >= 0.3 is 0 Å². The number of hydrogen-bond donors (Lipinski definition) is 2. The fourth-order valence-corrected chi connectivity index (χ4v) is 3.22. The van der Waals surface area contributed by atoms with Crippen molar-refractivity contribution < 1.29 is 5.11 Å². The van der Waals surface area contributed by atoms with E-state index in [-0.39, 0.29) is 0 Å². The number of unbranched alkanes of at least 4 members (excludes halogenated alkanes) is 5. The standard InChI is InChI=1S/C20H25N3O/c24-15-9-4-2-1-3-6-12-17-13-14-18-20(22-23-21-18)19(17)16-10-7-5-8-11-16/h5,7-8,10-11,13-14,24H,1-4,6,9,12,15H2,(H,21,22,23). The summed E-state index contributed by atoms with van der Waals surface area (Å²) in [7, 11) is 0. The number of nitrogens with zero attached hydrogens (tertiary/aromatic N) is 2. The molecule has 0 fully saturated rings. The number of fused-ring (bicyclic) bond motifs is 1. The van der Waals surface area contributed by atoms with Gasteiger partial charge in [0.1, 0.15) is 11.0 Å². The van der Waals surface area contributed by atoms with Gasteiger partial charge in [-0.3, -0.25) is 0 Å². The zero-order valence-electron chi connectivity index (χ0n) is 14.0. The lowest BCUT2D eigenvalue weighted by molar-refractivity contribution is 0.282. The number of rotatable bonds is 9. The minimum atomic E-state index is 0.318. The van der Waals surface area contributed by atoms with Crippen molar-refractivity contribution in [1.29, 1.82) is 0 Å². The molecule has 0 aliphatic rings. The minimum absolute atomic E-state index is 0.318. The van der Waals surface area contributed by atoms with Gasteiger partial charge in [0.25, 0.3) is 0 Å². The Balaban J connectivity index is 1.71. The van der Waals surface area contributed by atoms with Gasteiger partial charge in [-0.2, -0.15) is 15.4 Å². The summed E-state index contributed by atoms with van der Waals surface area (Å²) in [4.78, 5) is 0. The Morgan fingerprint density at radius 2 is 1.54 bits per heavy atom. The normalized spacial score (nSPS) is 11.2. The quantitative estimate of drug-likeness (QED) is 0.570. The van der Waals surface area contributed by atoms with Crippen molar-refractivity contribution in [1.82, 2.24) is 15.4 Å². The van der Waals surface area contributed by atoms with Gasteiger partial charge in [-0.15, -0.1) is 0 Å². The highest BCUT2D eigenvalue weighted by atomic mass is 16.2. The van der Waals surface area contributed by atoms with Crippen molar-refractivity contribution in [3.05, 3.63) is 48.0 Å². The molecule has 0 bridgehead atoms. The van der Waals surface area contributed by atoms with Crippen molar-refractivity contribution in [2.75, 3.05) is 6.61 Å². The fourth-order valence-electron chi connectivity index (χ4n) is 3.22. The molecule has 0 atom stereocenters. The first-order valence-electron chi connectivity index (χ1n) is 8.89. The molecule has 3 rings (SSSR count). The van der Waals surface area contributed by atoms with E-state index in [1.54, 1.807) is 0 Å². The molecule has 1 heterocycles. The molecule has 1 aromatic heterocycles. The Kier molecular flexibility index (Phi) is 5.96. The molecule has 0 aliphatic heterocycles. The number of aromatic nitrogens is 3. The summed E-state index contributed by atoms with van der Waals surface area (Å²) in [6.45, 7) is 0.318. The molecule has 2 N–H and O–H groups in total. The minimum Gasteiger partial charge on any atom is -0.396 e. The van der Waals surface area contributed by atoms with Crippen molar-refractivity contribution in [2.24, 2.45) is 0 Å². The van der Waals surface area contributed by atoms with Gasteiger partial charge in [0.15, 0.2) is 0 Å². The predicted molar refractivity (Wildman–Crippen MR) is 97.8 cm³/mol. The summed E-state index contributed by atoms with van der Waals surface area (Å²) in [5, 5.41) is 20.2. The number of hydrogen-bond acceptors (Lipinski definition) is 3. The summed E-state index contributed by atoms with van der Waals surface area (Å²) in [5.41, 5.74) is 5.64. The third-order valence-corrected chi connectivity index (χ3v) is 4.49. The lowest BCUT2D eigenvalue weighted by atomic mass is 9.94. The van der Waals surface area contributed by atoms with Gasteiger partial charge < -0.3 is 5.11 Å². The second-order valence-electron chi connectivity index (χ2n) is 6.25. The molecule has 4 heteroatoms. The fraction of sp³-hybridized carbons (Fsp3) is 0.400. The summed E-state index contributed by atoms with van der Waals surface area (Å²) in [6.07, 6.45) is 8.00. The van der Waals surface area contributed by atoms with Crippen LogP contribution in [0.4, 0.5) is 0 Å². The summed E-state index contributed by atoms with van der Waals surface area (Å²) in [6, 6.07) is 14.7. The topological polar surface area (TPSA) is 61.8 Å². The van der Waals surface area contributed by atoms with E-state index >= 15 is 0 Å². The van der Waals surface area contributed by atoms with Gasteiger partial charge in [-0.1, -0.05) is 62.1 Å². The van der Waals surface area contributed by atoms with Crippen LogP contribution in [0.2, 0.25) is 0 Å². The number of nitrogens with one attached hydrogen (secondary N) is 1. The first-order chi connectivity index (χ1) is 11.9. The molecule has 0 saturated carbocycles. The smallest absolute Gasteiger partial charge is 0.121 e. The second-order valence-corrected chi connectivity index (χ2v) is 6.25. The first-order valence-corrected chi connectivity index (χ1v) is 8.89. The summed E-state index contributed by atoms with van der Waals surface area (Å²) < 4.78 is 0. The van der Waals surface area contributed by atoms with Crippen LogP contribution in [0.15, 0.2) is 42.5 Å². The van der Waals surface area contributed by atoms with Crippen LogP contribution in [0, 0.1) is 0 Å². The van der Waals surface area contributed by atoms with Crippen molar-refractivity contribution in [3.8, 4) is 11.1 Å². The average molecular weight is 323 g/mol. The molecule has 126 valence electrons. The molecule has 2 aromatic carbocycles. The Morgan fingerprint density at radius 1 is 0.792 bits per heavy atom. The maximum Gasteiger partial charge on any atom is 0.121 e. The van der Waals surface area contributed by atoms with E-state index in [2.05, 4.69) is 51.8 Å².